The van der Waals surface area contributed by atoms with Crippen LogP contribution in [0.25, 0.3) is 27.4 Å². The van der Waals surface area contributed by atoms with Gasteiger partial charge in [0.1, 0.15) is 0 Å². The summed E-state index contributed by atoms with van der Waals surface area (Å²) in [6.07, 6.45) is 7.15. The van der Waals surface area contributed by atoms with E-state index in [2.05, 4.69) is 46.2 Å². The average molecular weight is 512 g/mol. The van der Waals surface area contributed by atoms with Crippen LogP contribution in [-0.2, 0) is 19.3 Å². The molecule has 0 atom stereocenters. The van der Waals surface area contributed by atoms with Gasteiger partial charge in [0.05, 0.1) is 22.6 Å². The lowest BCUT2D eigenvalue weighted by molar-refractivity contribution is -0.141. The summed E-state index contributed by atoms with van der Waals surface area (Å²) in [5, 5.41) is 11.3. The third kappa shape index (κ3) is 5.99. The van der Waals surface area contributed by atoms with Crippen LogP contribution in [0.3, 0.4) is 0 Å². The molecule has 0 fully saturated rings. The normalized spacial score (nSPS) is 12.2. The van der Waals surface area contributed by atoms with E-state index in [1.165, 1.54) is 13.8 Å². The monoisotopic (exact) mass is 511 g/mol. The van der Waals surface area contributed by atoms with Crippen LogP contribution in [0.4, 0.5) is 0 Å². The van der Waals surface area contributed by atoms with Crippen molar-refractivity contribution in [1.82, 2.24) is 4.57 Å². The maximum absolute atomic E-state index is 11.6. The zero-order chi connectivity index (χ0) is 27.1. The van der Waals surface area contributed by atoms with E-state index in [0.29, 0.717) is 12.1 Å². The summed E-state index contributed by atoms with van der Waals surface area (Å²) in [6, 6.07) is 20.3. The summed E-state index contributed by atoms with van der Waals surface area (Å²) < 4.78 is 2.16. The van der Waals surface area contributed by atoms with E-state index in [4.69, 9.17) is 9.68 Å². The summed E-state index contributed by atoms with van der Waals surface area (Å²) in [7, 11) is 0. The lowest BCUT2D eigenvalue weighted by atomic mass is 10.00. The highest BCUT2D eigenvalue weighted by atomic mass is 16.7. The van der Waals surface area contributed by atoms with E-state index >= 15 is 0 Å². The summed E-state index contributed by atoms with van der Waals surface area (Å²) >= 11 is 0. The Morgan fingerprint density at radius 1 is 0.737 bits per heavy atom. The molecule has 0 saturated heterocycles. The molecule has 0 unspecified atom stereocenters. The van der Waals surface area contributed by atoms with Crippen molar-refractivity contribution in [2.45, 2.75) is 59.8 Å². The Balaban J connectivity index is 1.86. The zero-order valence-electron chi connectivity index (χ0n) is 22.4. The minimum absolute atomic E-state index is 0.438. The molecule has 38 heavy (non-hydrogen) atoms. The van der Waals surface area contributed by atoms with Crippen LogP contribution in [-0.4, -0.2) is 27.9 Å². The highest BCUT2D eigenvalue weighted by Crippen LogP contribution is 2.32. The highest BCUT2D eigenvalue weighted by Gasteiger charge is 2.18. The lowest BCUT2D eigenvalue weighted by Crippen LogP contribution is -2.04. The number of hydrogen-bond donors (Lipinski definition) is 0. The predicted molar refractivity (Wildman–Crippen MR) is 152 cm³/mol. The van der Waals surface area contributed by atoms with Crippen molar-refractivity contribution in [2.75, 3.05) is 0 Å². The fraction of sp³-hybridized carbons (Fsp3) is 0.290. The standard InChI is InChI=1S/C31H33N3O4/c1-5-6-7-8-16-29(33-38-23(4)36)28-20-34(30-17-12-11-15-27(28)30)31-19-18-24(21(2)32-37-22(3)35)25-13-9-10-14-26(25)31/h9-15,17-20H,5-8,16H2,1-4H3/b32-21+,33-29+. The highest BCUT2D eigenvalue weighted by molar-refractivity contribution is 6.13. The minimum Gasteiger partial charge on any atom is -0.318 e. The van der Waals surface area contributed by atoms with Crippen LogP contribution < -0.4 is 0 Å². The van der Waals surface area contributed by atoms with Gasteiger partial charge in [0, 0.05) is 41.9 Å². The van der Waals surface area contributed by atoms with E-state index in [-0.39, 0.29) is 0 Å². The number of benzene rings is 3. The number of para-hydroxylation sites is 1. The molecule has 0 N–H and O–H groups in total. The first kappa shape index (κ1) is 26.8. The molecule has 0 amide bonds. The SMILES string of the molecule is CCCCCC/C(=N\OC(C)=O)c1cn(-c2ccc(/C(C)=N/OC(C)=O)c3ccccc23)c2ccccc12. The van der Waals surface area contributed by atoms with Crippen LogP contribution >= 0.6 is 0 Å². The van der Waals surface area contributed by atoms with Gasteiger partial charge >= 0.3 is 11.9 Å². The largest absolute Gasteiger partial charge is 0.331 e. The second kappa shape index (κ2) is 12.3. The number of oxime groups is 2. The Labute approximate surface area is 222 Å². The van der Waals surface area contributed by atoms with Gasteiger partial charge in [0.15, 0.2) is 0 Å². The van der Waals surface area contributed by atoms with E-state index in [0.717, 1.165) is 69.9 Å². The van der Waals surface area contributed by atoms with Crippen molar-refractivity contribution >= 4 is 45.0 Å². The molecule has 0 aliphatic heterocycles. The minimum atomic E-state index is -0.461. The van der Waals surface area contributed by atoms with Gasteiger partial charge in [0.2, 0.25) is 0 Å². The first-order valence-corrected chi connectivity index (χ1v) is 13.0. The number of carbonyl (C=O) groups is 2. The van der Waals surface area contributed by atoms with Gasteiger partial charge in [-0.3, -0.25) is 0 Å². The van der Waals surface area contributed by atoms with Crippen molar-refractivity contribution in [3.63, 3.8) is 0 Å². The molecule has 196 valence electrons. The van der Waals surface area contributed by atoms with Gasteiger partial charge < -0.3 is 14.2 Å². The van der Waals surface area contributed by atoms with Gasteiger partial charge in [-0.15, -0.1) is 0 Å². The van der Waals surface area contributed by atoms with Crippen molar-refractivity contribution in [2.24, 2.45) is 10.3 Å². The predicted octanol–water partition coefficient (Wildman–Crippen LogP) is 7.31. The van der Waals surface area contributed by atoms with Crippen LogP contribution in [0.5, 0.6) is 0 Å². The van der Waals surface area contributed by atoms with E-state index < -0.39 is 11.9 Å². The number of unbranched alkanes of at least 4 members (excludes halogenated alkanes) is 3. The number of rotatable bonds is 10. The fourth-order valence-electron chi connectivity index (χ4n) is 4.67. The van der Waals surface area contributed by atoms with Crippen LogP contribution in [0.2, 0.25) is 0 Å². The van der Waals surface area contributed by atoms with E-state index in [9.17, 15) is 9.59 Å². The van der Waals surface area contributed by atoms with Crippen molar-refractivity contribution in [1.29, 1.82) is 0 Å². The van der Waals surface area contributed by atoms with Crippen LogP contribution in [0, 0.1) is 0 Å². The molecule has 0 aliphatic rings. The Hall–Kier alpha value is -4.26. The molecule has 7 nitrogen and oxygen atoms in total. The number of nitrogens with zero attached hydrogens (tertiary/aromatic N) is 3. The molecular weight excluding hydrogens is 478 g/mol. The van der Waals surface area contributed by atoms with Gasteiger partial charge in [-0.05, 0) is 37.3 Å². The molecule has 1 heterocycles. The average Bonchev–Trinajstić information content (AvgIpc) is 3.30. The third-order valence-corrected chi connectivity index (χ3v) is 6.44. The quantitative estimate of drug-likeness (QED) is 0.0967. The molecule has 4 aromatic rings. The van der Waals surface area contributed by atoms with Crippen LogP contribution in [0.1, 0.15) is 70.9 Å². The Kier molecular flexibility index (Phi) is 8.69. The molecule has 0 aliphatic carbocycles. The summed E-state index contributed by atoms with van der Waals surface area (Å²) in [4.78, 5) is 32.9. The first-order chi connectivity index (χ1) is 18.4. The Bertz CT molecular complexity index is 1530. The third-order valence-electron chi connectivity index (χ3n) is 6.44. The van der Waals surface area contributed by atoms with Crippen LogP contribution in [0.15, 0.2) is 77.2 Å². The number of aromatic nitrogens is 1. The Morgan fingerprint density at radius 3 is 2.11 bits per heavy atom. The van der Waals surface area contributed by atoms with Crippen molar-refractivity contribution in [3.05, 3.63) is 78.0 Å². The van der Waals surface area contributed by atoms with Gasteiger partial charge in [-0.2, -0.15) is 0 Å². The topological polar surface area (TPSA) is 82.2 Å². The lowest BCUT2D eigenvalue weighted by Gasteiger charge is -2.13. The van der Waals surface area contributed by atoms with E-state index in [1.807, 2.05) is 49.4 Å². The van der Waals surface area contributed by atoms with Gasteiger partial charge in [-0.25, -0.2) is 9.59 Å². The molecule has 4 rings (SSSR count). The zero-order valence-corrected chi connectivity index (χ0v) is 22.4. The van der Waals surface area contributed by atoms with Crippen molar-refractivity contribution < 1.29 is 19.3 Å². The number of carbonyl (C=O) groups excluding carboxylic acids is 2. The Morgan fingerprint density at radius 2 is 1.39 bits per heavy atom. The van der Waals surface area contributed by atoms with E-state index in [1.54, 1.807) is 0 Å². The molecule has 0 saturated carbocycles. The summed E-state index contributed by atoms with van der Waals surface area (Å²) in [5.41, 5.74) is 5.22. The molecule has 0 bridgehead atoms. The second-order valence-electron chi connectivity index (χ2n) is 9.30. The van der Waals surface area contributed by atoms with Gasteiger partial charge in [0.25, 0.3) is 0 Å². The number of hydrogen-bond acceptors (Lipinski definition) is 6. The molecule has 0 radical (unpaired) electrons. The molecule has 7 heteroatoms. The second-order valence-corrected chi connectivity index (χ2v) is 9.30. The maximum atomic E-state index is 11.6. The smallest absolute Gasteiger partial charge is 0.318 e. The fourth-order valence-corrected chi connectivity index (χ4v) is 4.67. The maximum Gasteiger partial charge on any atom is 0.331 e. The summed E-state index contributed by atoms with van der Waals surface area (Å²) in [6.45, 7) is 6.70. The molecule has 3 aromatic carbocycles. The molecule has 1 aromatic heterocycles. The summed E-state index contributed by atoms with van der Waals surface area (Å²) in [5.74, 6) is -0.898. The van der Waals surface area contributed by atoms with Gasteiger partial charge in [-0.1, -0.05) is 85.0 Å². The number of fused-ring (bicyclic) bond motifs is 2. The molecule has 0 spiro atoms. The molecular formula is C31H33N3O4. The van der Waals surface area contributed by atoms with Crippen molar-refractivity contribution in [3.8, 4) is 5.69 Å². The first-order valence-electron chi connectivity index (χ1n) is 13.0.